The Kier molecular flexibility index (Phi) is 2.64. The smallest absolute Gasteiger partial charge is 0.195 e. The number of hydrogen-bond acceptors (Lipinski definition) is 3. The molecule has 1 aromatic heterocycles. The third-order valence-corrected chi connectivity index (χ3v) is 2.59. The van der Waals surface area contributed by atoms with Crippen molar-refractivity contribution in [2.75, 3.05) is 7.11 Å². The number of hydrogen-bond donors (Lipinski definition) is 0. The molecule has 16 heavy (non-hydrogen) atoms. The van der Waals surface area contributed by atoms with Gasteiger partial charge in [-0.2, -0.15) is 0 Å². The van der Waals surface area contributed by atoms with Crippen LogP contribution in [0.15, 0.2) is 18.2 Å². The Morgan fingerprint density at radius 2 is 2.25 bits per heavy atom. The Labute approximate surface area is 93.9 Å². The van der Waals surface area contributed by atoms with Gasteiger partial charge in [0.2, 0.25) is 0 Å². The molecule has 1 aromatic carbocycles. The minimum Gasteiger partial charge on any atom is -0.497 e. The third kappa shape index (κ3) is 1.56. The largest absolute Gasteiger partial charge is 0.497 e. The van der Waals surface area contributed by atoms with E-state index in [0.29, 0.717) is 5.82 Å². The second kappa shape index (κ2) is 3.96. The Bertz CT molecular complexity index is 543. The lowest BCUT2D eigenvalue weighted by Gasteiger charge is -2.03. The van der Waals surface area contributed by atoms with E-state index in [2.05, 4.69) is 4.98 Å². The van der Waals surface area contributed by atoms with Gasteiger partial charge in [0.25, 0.3) is 0 Å². The van der Waals surface area contributed by atoms with E-state index in [-0.39, 0.29) is 5.78 Å². The number of aromatic nitrogens is 2. The first-order valence-corrected chi connectivity index (χ1v) is 5.22. The zero-order chi connectivity index (χ0) is 11.7. The summed E-state index contributed by atoms with van der Waals surface area (Å²) in [5, 5.41) is 0. The first-order valence-electron chi connectivity index (χ1n) is 5.22. The summed E-state index contributed by atoms with van der Waals surface area (Å²) < 4.78 is 7.05. The SMILES string of the molecule is CCn1c(C(C)=O)nc2cc(OC)ccc21. The molecule has 4 nitrogen and oxygen atoms in total. The predicted molar refractivity (Wildman–Crippen MR) is 62.0 cm³/mol. The molecule has 0 aliphatic carbocycles. The molecule has 84 valence electrons. The zero-order valence-electron chi connectivity index (χ0n) is 9.65. The van der Waals surface area contributed by atoms with E-state index in [1.807, 2.05) is 29.7 Å². The molecule has 0 amide bonds. The second-order valence-corrected chi connectivity index (χ2v) is 3.59. The maximum atomic E-state index is 11.4. The number of aryl methyl sites for hydroxylation is 1. The fourth-order valence-corrected chi connectivity index (χ4v) is 1.83. The first kappa shape index (κ1) is 10.7. The summed E-state index contributed by atoms with van der Waals surface area (Å²) in [5.41, 5.74) is 1.76. The molecule has 2 rings (SSSR count). The van der Waals surface area contributed by atoms with Crippen LogP contribution >= 0.6 is 0 Å². The van der Waals surface area contributed by atoms with Gasteiger partial charge >= 0.3 is 0 Å². The summed E-state index contributed by atoms with van der Waals surface area (Å²) in [6.07, 6.45) is 0. The minimum atomic E-state index is -0.0167. The van der Waals surface area contributed by atoms with Gasteiger partial charge in [0.1, 0.15) is 5.75 Å². The minimum absolute atomic E-state index is 0.0167. The monoisotopic (exact) mass is 218 g/mol. The normalized spacial score (nSPS) is 10.7. The number of carbonyl (C=O) groups is 1. The van der Waals surface area contributed by atoms with Gasteiger partial charge < -0.3 is 9.30 Å². The highest BCUT2D eigenvalue weighted by Gasteiger charge is 2.13. The van der Waals surface area contributed by atoms with Crippen LogP contribution in [0.3, 0.4) is 0 Å². The van der Waals surface area contributed by atoms with Crippen molar-refractivity contribution in [1.82, 2.24) is 9.55 Å². The van der Waals surface area contributed by atoms with E-state index in [4.69, 9.17) is 4.74 Å². The standard InChI is InChI=1S/C12H14N2O2/c1-4-14-11-6-5-9(16-3)7-10(11)13-12(14)8(2)15/h5-7H,4H2,1-3H3. The first-order chi connectivity index (χ1) is 7.67. The molecular weight excluding hydrogens is 204 g/mol. The van der Waals surface area contributed by atoms with E-state index >= 15 is 0 Å². The van der Waals surface area contributed by atoms with Crippen LogP contribution in [0.25, 0.3) is 11.0 Å². The van der Waals surface area contributed by atoms with Gasteiger partial charge in [-0.25, -0.2) is 4.98 Å². The van der Waals surface area contributed by atoms with Gasteiger partial charge in [-0.05, 0) is 19.1 Å². The van der Waals surface area contributed by atoms with E-state index < -0.39 is 0 Å². The summed E-state index contributed by atoms with van der Waals surface area (Å²) in [4.78, 5) is 15.8. The Balaban J connectivity index is 2.71. The van der Waals surface area contributed by atoms with Crippen molar-refractivity contribution in [2.45, 2.75) is 20.4 Å². The number of ether oxygens (including phenoxy) is 1. The number of ketones is 1. The highest BCUT2D eigenvalue weighted by molar-refractivity contribution is 5.94. The maximum Gasteiger partial charge on any atom is 0.195 e. The quantitative estimate of drug-likeness (QED) is 0.742. The van der Waals surface area contributed by atoms with Gasteiger partial charge in [0.15, 0.2) is 11.6 Å². The number of rotatable bonds is 3. The number of imidazole rings is 1. The van der Waals surface area contributed by atoms with Gasteiger partial charge in [0, 0.05) is 19.5 Å². The number of fused-ring (bicyclic) bond motifs is 1. The topological polar surface area (TPSA) is 44.1 Å². The number of nitrogens with zero attached hydrogens (tertiary/aromatic N) is 2. The molecule has 0 aliphatic heterocycles. The van der Waals surface area contributed by atoms with Crippen LogP contribution < -0.4 is 4.74 Å². The van der Waals surface area contributed by atoms with Gasteiger partial charge in [-0.15, -0.1) is 0 Å². The molecule has 0 radical (unpaired) electrons. The van der Waals surface area contributed by atoms with Gasteiger partial charge in [-0.3, -0.25) is 4.79 Å². The zero-order valence-corrected chi connectivity index (χ0v) is 9.65. The molecule has 0 saturated carbocycles. The molecule has 4 heteroatoms. The molecule has 0 N–H and O–H groups in total. The molecule has 0 aliphatic rings. The van der Waals surface area contributed by atoms with Crippen LogP contribution in [0.2, 0.25) is 0 Å². The van der Waals surface area contributed by atoms with Crippen molar-refractivity contribution in [3.63, 3.8) is 0 Å². The Morgan fingerprint density at radius 1 is 1.50 bits per heavy atom. The van der Waals surface area contributed by atoms with Gasteiger partial charge in [0.05, 0.1) is 18.1 Å². The van der Waals surface area contributed by atoms with Crippen LogP contribution in [0.4, 0.5) is 0 Å². The van der Waals surface area contributed by atoms with E-state index in [1.165, 1.54) is 6.92 Å². The van der Waals surface area contributed by atoms with Crippen LogP contribution in [0.5, 0.6) is 5.75 Å². The second-order valence-electron chi connectivity index (χ2n) is 3.59. The van der Waals surface area contributed by atoms with Gasteiger partial charge in [-0.1, -0.05) is 0 Å². The molecule has 0 spiro atoms. The average molecular weight is 218 g/mol. The van der Waals surface area contributed by atoms with Crippen LogP contribution in [-0.4, -0.2) is 22.4 Å². The van der Waals surface area contributed by atoms with Crippen molar-refractivity contribution in [1.29, 1.82) is 0 Å². The van der Waals surface area contributed by atoms with Crippen LogP contribution in [0.1, 0.15) is 24.5 Å². The summed E-state index contributed by atoms with van der Waals surface area (Å²) in [5.74, 6) is 1.24. The number of benzene rings is 1. The molecule has 0 atom stereocenters. The lowest BCUT2D eigenvalue weighted by Crippen LogP contribution is -2.05. The molecule has 1 heterocycles. The van der Waals surface area contributed by atoms with E-state index in [9.17, 15) is 4.79 Å². The van der Waals surface area contributed by atoms with Crippen molar-refractivity contribution in [3.05, 3.63) is 24.0 Å². The van der Waals surface area contributed by atoms with E-state index in [0.717, 1.165) is 23.3 Å². The molecule has 2 aromatic rings. The molecule has 0 bridgehead atoms. The lowest BCUT2D eigenvalue weighted by molar-refractivity contribution is 0.1000. The fraction of sp³-hybridized carbons (Fsp3) is 0.333. The number of carbonyl (C=O) groups excluding carboxylic acids is 1. The number of Topliss-reactive ketones (excluding diaryl/α,β-unsaturated/α-hetero) is 1. The molecule has 0 fully saturated rings. The highest BCUT2D eigenvalue weighted by atomic mass is 16.5. The Hall–Kier alpha value is -1.84. The molecular formula is C12H14N2O2. The summed E-state index contributed by atoms with van der Waals surface area (Å²) in [7, 11) is 1.61. The number of methoxy groups -OCH3 is 1. The average Bonchev–Trinajstić information content (AvgIpc) is 2.66. The summed E-state index contributed by atoms with van der Waals surface area (Å²) >= 11 is 0. The Morgan fingerprint density at radius 3 is 2.81 bits per heavy atom. The van der Waals surface area contributed by atoms with Crippen molar-refractivity contribution >= 4 is 16.8 Å². The predicted octanol–water partition coefficient (Wildman–Crippen LogP) is 2.27. The molecule has 0 saturated heterocycles. The highest BCUT2D eigenvalue weighted by Crippen LogP contribution is 2.21. The van der Waals surface area contributed by atoms with E-state index in [1.54, 1.807) is 7.11 Å². The fourth-order valence-electron chi connectivity index (χ4n) is 1.83. The van der Waals surface area contributed by atoms with Crippen molar-refractivity contribution in [3.8, 4) is 5.75 Å². The van der Waals surface area contributed by atoms with Crippen molar-refractivity contribution in [2.24, 2.45) is 0 Å². The third-order valence-electron chi connectivity index (χ3n) is 2.59. The summed E-state index contributed by atoms with van der Waals surface area (Å²) in [6, 6.07) is 5.64. The summed E-state index contributed by atoms with van der Waals surface area (Å²) in [6.45, 7) is 4.26. The van der Waals surface area contributed by atoms with Crippen LogP contribution in [-0.2, 0) is 6.54 Å². The molecule has 0 unspecified atom stereocenters. The van der Waals surface area contributed by atoms with Crippen molar-refractivity contribution < 1.29 is 9.53 Å². The lowest BCUT2D eigenvalue weighted by atomic mass is 10.3. The maximum absolute atomic E-state index is 11.4. The van der Waals surface area contributed by atoms with Crippen LogP contribution in [0, 0.1) is 0 Å².